The summed E-state index contributed by atoms with van der Waals surface area (Å²) in [5.74, 6) is -1.06. The van der Waals surface area contributed by atoms with Crippen LogP contribution in [0.3, 0.4) is 0 Å². The van der Waals surface area contributed by atoms with Crippen LogP contribution >= 0.6 is 11.3 Å². The van der Waals surface area contributed by atoms with E-state index in [9.17, 15) is 45.6 Å². The van der Waals surface area contributed by atoms with Crippen molar-refractivity contribution in [3.8, 4) is 11.3 Å². The number of fused-ring (bicyclic) bond motifs is 1. The maximum Gasteiger partial charge on any atom is 0.443 e. The lowest BCUT2D eigenvalue weighted by Crippen LogP contribution is -2.48. The molecule has 3 aromatic rings. The Balaban J connectivity index is 0.000000202. The fraction of sp³-hybridized carbons (Fsp3) is 0.610. The standard InChI is InChI=1S/C15H25NO3S.C14H12F3N3OS.C12H21N3O4/c1-3-4-5-6-7-8-12-11-13(12)14(17)16-20(18,19)15(2)9-10-15;1-7(2)20-10-5-3-4-8(11(10)19-13(20)21)9-6-22-12(18-9)14(15,16)17;1-12(2,3)19-11(18)14-7-9(16)15-6-4-5-8(15)10(13)17/h7-8,12-13H,3-6,9-11H2,1-2H3,(H,16,17);3-7H,1-2H3,(H,19,21);8H,4-7H2,1-3H3,(H2,13,17)(H,14,18)/b8-7-;;. The highest BCUT2D eigenvalue weighted by Crippen LogP contribution is 2.44. The number of aromatic amines is 1. The molecular weight excluding hydrogens is 840 g/mol. The number of H-pyrrole nitrogens is 1. The molecule has 1 saturated heterocycles. The second-order valence-electron chi connectivity index (χ2n) is 17.0. The zero-order valence-corrected chi connectivity index (χ0v) is 37.3. The number of imidazole rings is 1. The highest BCUT2D eigenvalue weighted by atomic mass is 32.2. The summed E-state index contributed by atoms with van der Waals surface area (Å²) in [5, 5.41) is 2.82. The molecular formula is C41H58F3N7O8S2. The monoisotopic (exact) mass is 897 g/mol. The number of hydrogen-bond donors (Lipinski definition) is 4. The predicted molar refractivity (Wildman–Crippen MR) is 227 cm³/mol. The van der Waals surface area contributed by atoms with E-state index >= 15 is 0 Å². The number of nitrogens with two attached hydrogens (primary N) is 1. The Hall–Kier alpha value is -4.72. The van der Waals surface area contributed by atoms with Crippen molar-refractivity contribution in [3.63, 3.8) is 0 Å². The Bertz CT molecular complexity index is 2240. The van der Waals surface area contributed by atoms with Crippen LogP contribution in [-0.2, 0) is 35.3 Å². The smallest absolute Gasteiger partial charge is 0.443 e. The Labute approximate surface area is 358 Å². The van der Waals surface area contributed by atoms with Crippen molar-refractivity contribution in [2.75, 3.05) is 13.1 Å². The number of carbonyl (C=O) groups excluding carboxylic acids is 4. The van der Waals surface area contributed by atoms with Crippen molar-refractivity contribution in [1.29, 1.82) is 0 Å². The third-order valence-corrected chi connectivity index (χ3v) is 13.4. The Morgan fingerprint density at radius 3 is 2.41 bits per heavy atom. The van der Waals surface area contributed by atoms with Gasteiger partial charge in [0, 0.05) is 29.4 Å². The minimum atomic E-state index is -4.46. The molecule has 4 amide bonds. The molecule has 15 nitrogen and oxygen atoms in total. The number of para-hydroxylation sites is 1. The van der Waals surface area contributed by atoms with Gasteiger partial charge in [0.05, 0.1) is 21.5 Å². The average molecular weight is 898 g/mol. The number of alkyl halides is 3. The number of thiazole rings is 1. The molecule has 0 bridgehead atoms. The highest BCUT2D eigenvalue weighted by molar-refractivity contribution is 7.91. The number of primary amides is 1. The van der Waals surface area contributed by atoms with E-state index in [-0.39, 0.29) is 47.6 Å². The SMILES string of the molecule is CC(C)(C)OC(=O)NCC(=O)N1CCCC1C(N)=O.CC(C)n1c(=O)[nH]c2c(-c3csc(C(F)(F)F)n3)cccc21.CCCCC/C=C\C1CC1C(=O)NS(=O)(=O)C1(C)CC1. The van der Waals surface area contributed by atoms with Crippen LogP contribution in [0.25, 0.3) is 22.3 Å². The van der Waals surface area contributed by atoms with Crippen LogP contribution in [0.4, 0.5) is 18.0 Å². The van der Waals surface area contributed by atoms with Gasteiger partial charge in [0.15, 0.2) is 5.01 Å². The lowest BCUT2D eigenvalue weighted by Gasteiger charge is -2.23. The first-order valence-electron chi connectivity index (χ1n) is 20.4. The first-order valence-corrected chi connectivity index (χ1v) is 22.8. The van der Waals surface area contributed by atoms with Gasteiger partial charge in [-0.05, 0) is 98.5 Å². The summed E-state index contributed by atoms with van der Waals surface area (Å²) in [7, 11) is -3.47. The molecule has 3 aliphatic rings. The number of rotatable bonds is 13. The number of likely N-dealkylation sites (tertiary alicyclic amines) is 1. The molecule has 2 aromatic heterocycles. The summed E-state index contributed by atoms with van der Waals surface area (Å²) in [6.45, 7) is 13.1. The van der Waals surface area contributed by atoms with Crippen LogP contribution in [-0.4, -0.2) is 81.1 Å². The van der Waals surface area contributed by atoms with Crippen molar-refractivity contribution >= 4 is 56.2 Å². The molecule has 20 heteroatoms. The molecule has 3 unspecified atom stereocenters. The average Bonchev–Trinajstić information content (AvgIpc) is 3.87. The van der Waals surface area contributed by atoms with Gasteiger partial charge in [-0.15, -0.1) is 11.3 Å². The number of halogens is 3. The minimum absolute atomic E-state index is 0.0577. The second kappa shape index (κ2) is 20.0. The normalized spacial score (nSPS) is 19.5. The maximum atomic E-state index is 12.7. The van der Waals surface area contributed by atoms with Crippen molar-refractivity contribution < 1.29 is 45.5 Å². The number of nitrogens with zero attached hydrogens (tertiary/aromatic N) is 3. The summed E-state index contributed by atoms with van der Waals surface area (Å²) in [6.07, 6.45) is 7.16. The first-order chi connectivity index (χ1) is 28.4. The van der Waals surface area contributed by atoms with E-state index in [2.05, 4.69) is 39.1 Å². The number of benzene rings is 1. The second-order valence-corrected chi connectivity index (χ2v) is 20.0. The number of carbonyl (C=O) groups is 4. The molecule has 3 heterocycles. The summed E-state index contributed by atoms with van der Waals surface area (Å²) >= 11 is 0.542. The Morgan fingerprint density at radius 1 is 1.15 bits per heavy atom. The summed E-state index contributed by atoms with van der Waals surface area (Å²) in [4.78, 5) is 66.2. The van der Waals surface area contributed by atoms with Gasteiger partial charge in [-0.2, -0.15) is 13.2 Å². The lowest BCUT2D eigenvalue weighted by atomic mass is 10.1. The number of unbranched alkanes of at least 4 members (excludes halogenated alkanes) is 3. The van der Waals surface area contributed by atoms with Gasteiger partial charge in [0.2, 0.25) is 27.7 Å². The first kappa shape index (κ1) is 48.9. The number of sulfonamides is 1. The van der Waals surface area contributed by atoms with Gasteiger partial charge in [0.1, 0.15) is 18.2 Å². The number of alkyl carbamates (subject to hydrolysis) is 1. The number of hydrogen-bond acceptors (Lipinski definition) is 10. The number of allylic oxidation sites excluding steroid dienone is 2. The molecule has 338 valence electrons. The topological polar surface area (TPSA) is 216 Å². The van der Waals surface area contributed by atoms with E-state index in [0.717, 1.165) is 19.3 Å². The van der Waals surface area contributed by atoms with E-state index in [0.29, 0.717) is 53.7 Å². The minimum Gasteiger partial charge on any atom is -0.444 e. The van der Waals surface area contributed by atoms with Crippen molar-refractivity contribution in [2.24, 2.45) is 17.6 Å². The summed E-state index contributed by atoms with van der Waals surface area (Å²) in [5.41, 5.74) is 6.16. The molecule has 2 saturated carbocycles. The number of amides is 4. The third kappa shape index (κ3) is 13.4. The summed E-state index contributed by atoms with van der Waals surface area (Å²) < 4.78 is 70.1. The molecule has 61 heavy (non-hydrogen) atoms. The van der Waals surface area contributed by atoms with Gasteiger partial charge in [0.25, 0.3) is 0 Å². The molecule has 3 fully saturated rings. The molecule has 1 aromatic carbocycles. The van der Waals surface area contributed by atoms with Crippen LogP contribution < -0.4 is 21.5 Å². The van der Waals surface area contributed by atoms with E-state index < -0.39 is 49.6 Å². The zero-order chi connectivity index (χ0) is 45.5. The zero-order valence-electron chi connectivity index (χ0n) is 35.7. The lowest BCUT2D eigenvalue weighted by molar-refractivity contribution is -0.137. The molecule has 5 N–H and O–H groups in total. The molecule has 0 radical (unpaired) electrons. The molecule has 0 spiro atoms. The van der Waals surface area contributed by atoms with Gasteiger partial charge < -0.3 is 25.7 Å². The van der Waals surface area contributed by atoms with Crippen LogP contribution in [0.2, 0.25) is 0 Å². The van der Waals surface area contributed by atoms with Gasteiger partial charge in [-0.3, -0.25) is 23.7 Å². The van der Waals surface area contributed by atoms with Crippen LogP contribution in [0.15, 0.2) is 40.5 Å². The van der Waals surface area contributed by atoms with Gasteiger partial charge in [-0.25, -0.2) is 23.0 Å². The molecule has 3 atom stereocenters. The van der Waals surface area contributed by atoms with E-state index in [1.807, 2.05) is 13.8 Å². The summed E-state index contributed by atoms with van der Waals surface area (Å²) in [6, 6.07) is 4.49. The fourth-order valence-corrected chi connectivity index (χ4v) is 8.60. The van der Waals surface area contributed by atoms with Crippen LogP contribution in [0.1, 0.15) is 117 Å². The molecule has 6 rings (SSSR count). The van der Waals surface area contributed by atoms with Crippen molar-refractivity contribution in [3.05, 3.63) is 51.2 Å². The third-order valence-electron chi connectivity index (χ3n) is 10.3. The number of aromatic nitrogens is 3. The number of nitrogens with one attached hydrogen (secondary N) is 3. The van der Waals surface area contributed by atoms with E-state index in [1.54, 1.807) is 50.5 Å². The van der Waals surface area contributed by atoms with Crippen molar-refractivity contribution in [2.45, 2.75) is 135 Å². The maximum absolute atomic E-state index is 12.7. The van der Waals surface area contributed by atoms with E-state index in [4.69, 9.17) is 10.5 Å². The molecule has 2 aliphatic carbocycles. The van der Waals surface area contributed by atoms with Crippen LogP contribution in [0, 0.1) is 11.8 Å². The predicted octanol–water partition coefficient (Wildman–Crippen LogP) is 6.80. The van der Waals surface area contributed by atoms with Crippen LogP contribution in [0.5, 0.6) is 0 Å². The highest BCUT2D eigenvalue weighted by Gasteiger charge is 2.52. The van der Waals surface area contributed by atoms with Crippen molar-refractivity contribution in [1.82, 2.24) is 29.5 Å². The fourth-order valence-electron chi connectivity index (χ4n) is 6.62. The van der Waals surface area contributed by atoms with E-state index in [1.165, 1.54) is 29.5 Å². The van der Waals surface area contributed by atoms with Gasteiger partial charge >= 0.3 is 18.0 Å². The Kier molecular flexibility index (Phi) is 16.0. The largest absolute Gasteiger partial charge is 0.444 e. The molecule has 1 aliphatic heterocycles. The number of ether oxygens (including phenoxy) is 1. The van der Waals surface area contributed by atoms with Gasteiger partial charge in [-0.1, -0.05) is 44.1 Å². The quantitative estimate of drug-likeness (QED) is 0.105. The Morgan fingerprint density at radius 2 is 1.84 bits per heavy atom.